The summed E-state index contributed by atoms with van der Waals surface area (Å²) >= 11 is 0. The number of amides is 1. The Morgan fingerprint density at radius 3 is 2.58 bits per heavy atom. The third-order valence-electron chi connectivity index (χ3n) is 3.66. The number of nitrogens with zero attached hydrogens (tertiary/aromatic N) is 1. The highest BCUT2D eigenvalue weighted by Crippen LogP contribution is 2.26. The zero-order chi connectivity index (χ0) is 14.0. The van der Waals surface area contributed by atoms with Gasteiger partial charge in [-0.2, -0.15) is 0 Å². The van der Waals surface area contributed by atoms with Crippen LogP contribution in [0.25, 0.3) is 0 Å². The van der Waals surface area contributed by atoms with E-state index in [1.165, 1.54) is 18.2 Å². The molecule has 1 aromatic carbocycles. The Hall–Kier alpha value is -1.75. The van der Waals surface area contributed by atoms with E-state index in [1.54, 1.807) is 4.90 Å². The van der Waals surface area contributed by atoms with Crippen LogP contribution in [0.3, 0.4) is 0 Å². The Morgan fingerprint density at radius 1 is 1.37 bits per heavy atom. The van der Waals surface area contributed by atoms with E-state index in [9.17, 15) is 15.0 Å². The van der Waals surface area contributed by atoms with Crippen LogP contribution in [0.5, 0.6) is 11.5 Å². The summed E-state index contributed by atoms with van der Waals surface area (Å²) in [6.07, 6.45) is 1.85. The van der Waals surface area contributed by atoms with Crippen LogP contribution < -0.4 is 5.73 Å². The van der Waals surface area contributed by atoms with Crippen LogP contribution in [0.15, 0.2) is 18.2 Å². The predicted molar refractivity (Wildman–Crippen MR) is 72.0 cm³/mol. The fraction of sp³-hybridized carbons (Fsp3) is 0.500. The minimum Gasteiger partial charge on any atom is -0.508 e. The van der Waals surface area contributed by atoms with Crippen LogP contribution in [0.1, 0.15) is 30.1 Å². The molecule has 19 heavy (non-hydrogen) atoms. The number of carbonyl (C=O) groups excluding carboxylic acids is 1. The third-order valence-corrected chi connectivity index (χ3v) is 3.66. The summed E-state index contributed by atoms with van der Waals surface area (Å²) in [5, 5.41) is 18.9. The van der Waals surface area contributed by atoms with E-state index in [1.807, 2.05) is 0 Å². The predicted octanol–water partition coefficient (Wildman–Crippen LogP) is 1.30. The summed E-state index contributed by atoms with van der Waals surface area (Å²) in [7, 11) is 0. The van der Waals surface area contributed by atoms with Gasteiger partial charge in [0.05, 0.1) is 0 Å². The lowest BCUT2D eigenvalue weighted by Crippen LogP contribution is -2.49. The standard InChI is InChI=1S/C14H20N2O3/c1-9-2-3-16(11(4-9)8-15)14(19)10-5-12(17)7-13(18)6-10/h5-7,9,11,17-18H,2-4,8,15H2,1H3. The fourth-order valence-corrected chi connectivity index (χ4v) is 2.63. The van der Waals surface area contributed by atoms with Gasteiger partial charge in [0.15, 0.2) is 0 Å². The number of hydrogen-bond acceptors (Lipinski definition) is 4. The molecule has 1 heterocycles. The number of phenols is 2. The molecule has 1 amide bonds. The Labute approximate surface area is 112 Å². The molecule has 0 radical (unpaired) electrons. The van der Waals surface area contributed by atoms with Gasteiger partial charge in [-0.25, -0.2) is 0 Å². The number of benzene rings is 1. The molecular formula is C14H20N2O3. The van der Waals surface area contributed by atoms with Gasteiger partial charge in [0, 0.05) is 30.8 Å². The zero-order valence-corrected chi connectivity index (χ0v) is 11.0. The molecule has 2 unspecified atom stereocenters. The number of carbonyl (C=O) groups is 1. The van der Waals surface area contributed by atoms with Crippen LogP contribution >= 0.6 is 0 Å². The van der Waals surface area contributed by atoms with Gasteiger partial charge in [-0.3, -0.25) is 4.79 Å². The average molecular weight is 264 g/mol. The first kappa shape index (κ1) is 13.7. The topological polar surface area (TPSA) is 86.8 Å². The maximum Gasteiger partial charge on any atom is 0.254 e. The van der Waals surface area contributed by atoms with Gasteiger partial charge >= 0.3 is 0 Å². The highest BCUT2D eigenvalue weighted by molar-refractivity contribution is 5.95. The lowest BCUT2D eigenvalue weighted by molar-refractivity contribution is 0.0573. The van der Waals surface area contributed by atoms with Crippen LogP contribution in [-0.2, 0) is 0 Å². The smallest absolute Gasteiger partial charge is 0.254 e. The molecular weight excluding hydrogens is 244 g/mol. The molecule has 1 aliphatic rings. The fourth-order valence-electron chi connectivity index (χ4n) is 2.63. The summed E-state index contributed by atoms with van der Waals surface area (Å²) in [4.78, 5) is 14.2. The number of hydrogen-bond donors (Lipinski definition) is 3. The van der Waals surface area contributed by atoms with Gasteiger partial charge in [-0.15, -0.1) is 0 Å². The Bertz CT molecular complexity index is 456. The van der Waals surface area contributed by atoms with Crippen molar-refractivity contribution in [3.05, 3.63) is 23.8 Å². The number of piperidine rings is 1. The summed E-state index contributed by atoms with van der Waals surface area (Å²) < 4.78 is 0. The summed E-state index contributed by atoms with van der Waals surface area (Å²) in [5.74, 6) is 0.153. The van der Waals surface area contributed by atoms with E-state index in [-0.39, 0.29) is 23.4 Å². The number of aromatic hydroxyl groups is 2. The molecule has 0 spiro atoms. The molecule has 0 bridgehead atoms. The Balaban J connectivity index is 2.22. The first-order valence-electron chi connectivity index (χ1n) is 6.55. The molecule has 2 atom stereocenters. The lowest BCUT2D eigenvalue weighted by Gasteiger charge is -2.38. The molecule has 0 aliphatic carbocycles. The van der Waals surface area contributed by atoms with Crippen LogP contribution in [0.4, 0.5) is 0 Å². The van der Waals surface area contributed by atoms with E-state index in [4.69, 9.17) is 5.73 Å². The lowest BCUT2D eigenvalue weighted by atomic mass is 9.92. The second kappa shape index (κ2) is 5.48. The van der Waals surface area contributed by atoms with Crippen molar-refractivity contribution in [2.45, 2.75) is 25.8 Å². The molecule has 1 saturated heterocycles. The monoisotopic (exact) mass is 264 g/mol. The van der Waals surface area contributed by atoms with Gasteiger partial charge in [-0.05, 0) is 30.9 Å². The maximum atomic E-state index is 12.4. The van der Waals surface area contributed by atoms with Crippen LogP contribution in [0, 0.1) is 5.92 Å². The Kier molecular flexibility index (Phi) is 3.95. The second-order valence-corrected chi connectivity index (χ2v) is 5.26. The van der Waals surface area contributed by atoms with Gasteiger partial charge in [0.2, 0.25) is 0 Å². The SMILES string of the molecule is CC1CCN(C(=O)c2cc(O)cc(O)c2)C(CN)C1. The first-order chi connectivity index (χ1) is 9.01. The van der Waals surface area contributed by atoms with E-state index in [0.717, 1.165) is 12.8 Å². The van der Waals surface area contributed by atoms with Crippen LogP contribution in [-0.4, -0.2) is 40.2 Å². The van der Waals surface area contributed by atoms with Crippen molar-refractivity contribution in [2.75, 3.05) is 13.1 Å². The molecule has 104 valence electrons. The highest BCUT2D eigenvalue weighted by Gasteiger charge is 2.29. The summed E-state index contributed by atoms with van der Waals surface area (Å²) in [5.41, 5.74) is 6.04. The number of phenolic OH excluding ortho intramolecular Hbond substituents is 2. The van der Waals surface area contributed by atoms with E-state index in [2.05, 4.69) is 6.92 Å². The maximum absolute atomic E-state index is 12.4. The van der Waals surface area contributed by atoms with Crippen molar-refractivity contribution < 1.29 is 15.0 Å². The number of nitrogens with two attached hydrogens (primary N) is 1. The minimum atomic E-state index is -0.187. The number of likely N-dealkylation sites (tertiary alicyclic amines) is 1. The quantitative estimate of drug-likeness (QED) is 0.751. The largest absolute Gasteiger partial charge is 0.508 e. The van der Waals surface area contributed by atoms with Gasteiger partial charge in [0.25, 0.3) is 5.91 Å². The van der Waals surface area contributed by atoms with Crippen molar-refractivity contribution in [1.29, 1.82) is 0 Å². The molecule has 2 rings (SSSR count). The van der Waals surface area contributed by atoms with Crippen molar-refractivity contribution in [3.63, 3.8) is 0 Å². The Morgan fingerprint density at radius 2 is 2.00 bits per heavy atom. The summed E-state index contributed by atoms with van der Waals surface area (Å²) in [6.45, 7) is 3.25. The molecule has 1 aliphatic heterocycles. The van der Waals surface area contributed by atoms with Crippen molar-refractivity contribution in [1.82, 2.24) is 4.90 Å². The first-order valence-corrected chi connectivity index (χ1v) is 6.55. The molecule has 1 fully saturated rings. The van der Waals surface area contributed by atoms with E-state index in [0.29, 0.717) is 24.6 Å². The summed E-state index contributed by atoms with van der Waals surface area (Å²) in [6, 6.07) is 3.97. The molecule has 5 heteroatoms. The molecule has 1 aromatic rings. The van der Waals surface area contributed by atoms with Gasteiger partial charge < -0.3 is 20.8 Å². The van der Waals surface area contributed by atoms with Crippen molar-refractivity contribution in [2.24, 2.45) is 11.7 Å². The van der Waals surface area contributed by atoms with Gasteiger partial charge in [-0.1, -0.05) is 6.92 Å². The van der Waals surface area contributed by atoms with Crippen molar-refractivity contribution >= 4 is 5.91 Å². The average Bonchev–Trinajstić information content (AvgIpc) is 2.36. The van der Waals surface area contributed by atoms with E-state index < -0.39 is 0 Å². The van der Waals surface area contributed by atoms with Crippen molar-refractivity contribution in [3.8, 4) is 11.5 Å². The third kappa shape index (κ3) is 2.98. The minimum absolute atomic E-state index is 0.0285. The van der Waals surface area contributed by atoms with Gasteiger partial charge in [0.1, 0.15) is 11.5 Å². The zero-order valence-electron chi connectivity index (χ0n) is 11.0. The van der Waals surface area contributed by atoms with E-state index >= 15 is 0 Å². The number of rotatable bonds is 2. The molecule has 5 nitrogen and oxygen atoms in total. The van der Waals surface area contributed by atoms with Crippen LogP contribution in [0.2, 0.25) is 0 Å². The molecule has 0 aromatic heterocycles. The normalized spacial score (nSPS) is 23.4. The highest BCUT2D eigenvalue weighted by atomic mass is 16.3. The molecule has 4 N–H and O–H groups in total. The second-order valence-electron chi connectivity index (χ2n) is 5.26. The molecule has 0 saturated carbocycles.